The lowest BCUT2D eigenvalue weighted by Crippen LogP contribution is -2.47. The first kappa shape index (κ1) is 26.4. The predicted molar refractivity (Wildman–Crippen MR) is 127 cm³/mol. The zero-order valence-electron chi connectivity index (χ0n) is 20.7. The third-order valence-corrected chi connectivity index (χ3v) is 5.75. The molecule has 184 valence electrons. The number of carbonyl (C=O) groups excluding carboxylic acids is 3. The molecule has 9 nitrogen and oxygen atoms in total. The Morgan fingerprint density at radius 1 is 1.06 bits per heavy atom. The molecule has 1 aromatic carbocycles. The molecule has 1 saturated heterocycles. The van der Waals surface area contributed by atoms with Gasteiger partial charge >= 0.3 is 0 Å². The second kappa shape index (κ2) is 11.9. The van der Waals surface area contributed by atoms with E-state index in [1.807, 2.05) is 14.1 Å². The number of ether oxygens (including phenoxy) is 2. The molecule has 0 spiro atoms. The molecule has 1 fully saturated rings. The van der Waals surface area contributed by atoms with Gasteiger partial charge in [0.25, 0.3) is 5.91 Å². The van der Waals surface area contributed by atoms with Crippen LogP contribution in [0, 0.1) is 11.3 Å². The van der Waals surface area contributed by atoms with E-state index in [1.165, 1.54) is 14.2 Å². The molecular weight excluding hydrogens is 424 g/mol. The normalized spacial score (nSPS) is 14.7. The summed E-state index contributed by atoms with van der Waals surface area (Å²) in [5.74, 6) is 0.412. The summed E-state index contributed by atoms with van der Waals surface area (Å²) in [5.41, 5.74) is 0.370. The van der Waals surface area contributed by atoms with Crippen molar-refractivity contribution >= 4 is 17.7 Å². The van der Waals surface area contributed by atoms with Gasteiger partial charge < -0.3 is 29.9 Å². The second-order valence-electron chi connectivity index (χ2n) is 9.53. The van der Waals surface area contributed by atoms with Gasteiger partial charge in [-0.1, -0.05) is 13.8 Å². The number of nitrogens with zero attached hydrogens (tertiary/aromatic N) is 2. The molecule has 1 aliphatic rings. The van der Waals surface area contributed by atoms with Crippen LogP contribution >= 0.6 is 0 Å². The number of nitrogens with one attached hydrogen (secondary N) is 2. The molecule has 0 unspecified atom stereocenters. The number of carbonyl (C=O) groups is 3. The third-order valence-electron chi connectivity index (χ3n) is 5.75. The van der Waals surface area contributed by atoms with E-state index < -0.39 is 0 Å². The Hall–Kier alpha value is -2.81. The third kappa shape index (κ3) is 7.92. The molecule has 9 heteroatoms. The Labute approximate surface area is 196 Å². The van der Waals surface area contributed by atoms with Gasteiger partial charge in [0, 0.05) is 37.7 Å². The molecule has 2 N–H and O–H groups in total. The Morgan fingerprint density at radius 3 is 2.27 bits per heavy atom. The lowest BCUT2D eigenvalue weighted by Gasteiger charge is -2.33. The maximum atomic E-state index is 12.6. The first-order valence-corrected chi connectivity index (χ1v) is 11.3. The van der Waals surface area contributed by atoms with Crippen LogP contribution in [0.5, 0.6) is 11.5 Å². The fourth-order valence-electron chi connectivity index (χ4n) is 4.12. The first-order valence-electron chi connectivity index (χ1n) is 11.3. The molecule has 1 heterocycles. The standard InChI is InChI=1S/C24H38N4O5/c1-24(2,16-27(3)4)15-26-22(30)17-9-11-28(12-10-17)21(29)14-25-23(31)18-7-8-19(32-5)20(13-18)33-6/h7-8,13,17H,9-12,14-16H2,1-6H3,(H,25,31)(H,26,30). The van der Waals surface area contributed by atoms with E-state index in [4.69, 9.17) is 9.47 Å². The number of hydrogen-bond acceptors (Lipinski definition) is 6. The van der Waals surface area contributed by atoms with Gasteiger partial charge in [0.2, 0.25) is 11.8 Å². The molecule has 33 heavy (non-hydrogen) atoms. The molecule has 0 aliphatic carbocycles. The number of likely N-dealkylation sites (tertiary alicyclic amines) is 1. The van der Waals surface area contributed by atoms with Gasteiger partial charge in [0.15, 0.2) is 11.5 Å². The van der Waals surface area contributed by atoms with Crippen molar-refractivity contribution in [3.8, 4) is 11.5 Å². The quantitative estimate of drug-likeness (QED) is 0.545. The van der Waals surface area contributed by atoms with Gasteiger partial charge in [-0.2, -0.15) is 0 Å². The Morgan fingerprint density at radius 2 is 1.70 bits per heavy atom. The average Bonchev–Trinajstić information content (AvgIpc) is 2.79. The number of rotatable bonds is 10. The van der Waals surface area contributed by atoms with E-state index in [1.54, 1.807) is 23.1 Å². The molecule has 0 bridgehead atoms. The van der Waals surface area contributed by atoms with Crippen molar-refractivity contribution in [2.75, 3.05) is 61.0 Å². The topological polar surface area (TPSA) is 100 Å². The molecule has 1 aliphatic heterocycles. The van der Waals surface area contributed by atoms with Crippen molar-refractivity contribution in [2.45, 2.75) is 26.7 Å². The lowest BCUT2D eigenvalue weighted by atomic mass is 9.91. The van der Waals surface area contributed by atoms with Crippen molar-refractivity contribution in [1.82, 2.24) is 20.4 Å². The summed E-state index contributed by atoms with van der Waals surface area (Å²) in [5, 5.41) is 5.73. The summed E-state index contributed by atoms with van der Waals surface area (Å²) in [6.07, 6.45) is 1.24. The van der Waals surface area contributed by atoms with E-state index in [0.717, 1.165) is 6.54 Å². The minimum absolute atomic E-state index is 0.0120. The molecule has 3 amide bonds. The minimum Gasteiger partial charge on any atom is -0.493 e. The Bertz CT molecular complexity index is 832. The molecule has 0 atom stereocenters. The zero-order valence-corrected chi connectivity index (χ0v) is 20.7. The van der Waals surface area contributed by atoms with Crippen LogP contribution in [0.2, 0.25) is 0 Å². The average molecular weight is 463 g/mol. The monoisotopic (exact) mass is 462 g/mol. The van der Waals surface area contributed by atoms with Crippen molar-refractivity contribution in [3.63, 3.8) is 0 Å². The smallest absolute Gasteiger partial charge is 0.251 e. The van der Waals surface area contributed by atoms with Gasteiger partial charge in [-0.3, -0.25) is 14.4 Å². The van der Waals surface area contributed by atoms with Gasteiger partial charge in [-0.05, 0) is 50.6 Å². The molecule has 0 saturated carbocycles. The fourth-order valence-corrected chi connectivity index (χ4v) is 4.12. The molecule has 2 rings (SSSR count). The Kier molecular flexibility index (Phi) is 9.52. The largest absolute Gasteiger partial charge is 0.493 e. The van der Waals surface area contributed by atoms with E-state index in [0.29, 0.717) is 49.5 Å². The Balaban J connectivity index is 1.77. The maximum absolute atomic E-state index is 12.6. The van der Waals surface area contributed by atoms with Crippen LogP contribution in [-0.2, 0) is 9.59 Å². The molecule has 1 aromatic rings. The first-order chi connectivity index (χ1) is 15.6. The number of hydrogen-bond donors (Lipinski definition) is 2. The van der Waals surface area contributed by atoms with Crippen molar-refractivity contribution < 1.29 is 23.9 Å². The van der Waals surface area contributed by atoms with E-state index >= 15 is 0 Å². The van der Waals surface area contributed by atoms with Crippen molar-refractivity contribution in [2.24, 2.45) is 11.3 Å². The highest BCUT2D eigenvalue weighted by atomic mass is 16.5. The summed E-state index contributed by atoms with van der Waals surface area (Å²) < 4.78 is 10.4. The van der Waals surface area contributed by atoms with Crippen LogP contribution < -0.4 is 20.1 Å². The maximum Gasteiger partial charge on any atom is 0.251 e. The summed E-state index contributed by atoms with van der Waals surface area (Å²) in [6.45, 7) is 6.67. The second-order valence-corrected chi connectivity index (χ2v) is 9.53. The molecule has 0 radical (unpaired) electrons. The van der Waals surface area contributed by atoms with Crippen LogP contribution in [-0.4, -0.2) is 88.6 Å². The van der Waals surface area contributed by atoms with Crippen LogP contribution in [0.4, 0.5) is 0 Å². The van der Waals surface area contributed by atoms with Crippen molar-refractivity contribution in [3.05, 3.63) is 23.8 Å². The minimum atomic E-state index is -0.362. The van der Waals surface area contributed by atoms with Crippen LogP contribution in [0.1, 0.15) is 37.0 Å². The highest BCUT2D eigenvalue weighted by Crippen LogP contribution is 2.27. The number of benzene rings is 1. The number of piperidine rings is 1. The van der Waals surface area contributed by atoms with Crippen LogP contribution in [0.3, 0.4) is 0 Å². The van der Waals surface area contributed by atoms with E-state index in [-0.39, 0.29) is 35.6 Å². The van der Waals surface area contributed by atoms with Crippen LogP contribution in [0.25, 0.3) is 0 Å². The van der Waals surface area contributed by atoms with Gasteiger partial charge in [-0.15, -0.1) is 0 Å². The molecule has 0 aromatic heterocycles. The summed E-state index contributed by atoms with van der Waals surface area (Å²) >= 11 is 0. The van der Waals surface area contributed by atoms with Gasteiger partial charge in [-0.25, -0.2) is 0 Å². The van der Waals surface area contributed by atoms with Crippen molar-refractivity contribution in [1.29, 1.82) is 0 Å². The SMILES string of the molecule is COc1ccc(C(=O)NCC(=O)N2CCC(C(=O)NCC(C)(C)CN(C)C)CC2)cc1OC. The highest BCUT2D eigenvalue weighted by Gasteiger charge is 2.29. The number of methoxy groups -OCH3 is 2. The van der Waals surface area contributed by atoms with Crippen LogP contribution in [0.15, 0.2) is 18.2 Å². The lowest BCUT2D eigenvalue weighted by molar-refractivity contribution is -0.134. The zero-order chi connectivity index (χ0) is 24.6. The highest BCUT2D eigenvalue weighted by molar-refractivity contribution is 5.97. The van der Waals surface area contributed by atoms with Gasteiger partial charge in [0.05, 0.1) is 20.8 Å². The summed E-state index contributed by atoms with van der Waals surface area (Å²) in [7, 11) is 7.06. The summed E-state index contributed by atoms with van der Waals surface area (Å²) in [6, 6.07) is 4.83. The predicted octanol–water partition coefficient (Wildman–Crippen LogP) is 1.38. The van der Waals surface area contributed by atoms with E-state index in [2.05, 4.69) is 29.4 Å². The molecular formula is C24H38N4O5. The van der Waals surface area contributed by atoms with Gasteiger partial charge in [0.1, 0.15) is 0 Å². The summed E-state index contributed by atoms with van der Waals surface area (Å²) in [4.78, 5) is 41.4. The fraction of sp³-hybridized carbons (Fsp3) is 0.625. The van der Waals surface area contributed by atoms with E-state index in [9.17, 15) is 14.4 Å². The number of amides is 3.